The third-order valence-corrected chi connectivity index (χ3v) is 2.93. The summed E-state index contributed by atoms with van der Waals surface area (Å²) < 4.78 is 10.3. The Morgan fingerprint density at radius 3 is 2.85 bits per heavy atom. The molecule has 0 spiro atoms. The van der Waals surface area contributed by atoms with Gasteiger partial charge in [-0.05, 0) is 25.1 Å². The Morgan fingerprint density at radius 1 is 1.45 bits per heavy atom. The third kappa shape index (κ3) is 5.76. The van der Waals surface area contributed by atoms with Crippen LogP contribution >= 0.6 is 11.6 Å². The normalized spacial score (nSPS) is 13.6. The van der Waals surface area contributed by atoms with Crippen molar-refractivity contribution < 1.29 is 14.6 Å². The predicted octanol–water partition coefficient (Wildman–Crippen LogP) is 2.04. The van der Waals surface area contributed by atoms with Crippen molar-refractivity contribution in [1.82, 2.24) is 0 Å². The number of nitrogens with zero attached hydrogens (tertiary/aromatic N) is 1. The Balaban J connectivity index is 2.41. The number of anilines is 1. The number of rotatable bonds is 8. The fourth-order valence-corrected chi connectivity index (χ4v) is 1.76. The maximum Gasteiger partial charge on any atom is 0.0992 e. The van der Waals surface area contributed by atoms with Crippen molar-refractivity contribution in [2.45, 2.75) is 19.1 Å². The van der Waals surface area contributed by atoms with Gasteiger partial charge in [-0.2, -0.15) is 5.26 Å². The fourth-order valence-electron chi connectivity index (χ4n) is 1.58. The lowest BCUT2D eigenvalue weighted by molar-refractivity contribution is -0.0282. The largest absolute Gasteiger partial charge is 0.389 e. The minimum atomic E-state index is -0.670. The van der Waals surface area contributed by atoms with Gasteiger partial charge in [0, 0.05) is 13.7 Å². The van der Waals surface area contributed by atoms with Crippen LogP contribution in [0.15, 0.2) is 18.2 Å². The number of methoxy groups -OCH3 is 1. The lowest BCUT2D eigenvalue weighted by Crippen LogP contribution is -2.28. The molecule has 20 heavy (non-hydrogen) atoms. The summed E-state index contributed by atoms with van der Waals surface area (Å²) >= 11 is 6.00. The number of halogens is 1. The standard InChI is InChI=1S/C14H19ClN2O3/c1-10(8-19-2)20-9-12(18)7-17-14-5-11(6-16)3-4-13(14)15/h3-5,10,12,17-18H,7-9H2,1-2H3. The first kappa shape index (κ1) is 16.7. The summed E-state index contributed by atoms with van der Waals surface area (Å²) in [6.07, 6.45) is -0.740. The van der Waals surface area contributed by atoms with Crippen LogP contribution in [0.25, 0.3) is 0 Å². The molecule has 0 aliphatic heterocycles. The molecular formula is C14H19ClN2O3. The van der Waals surface area contributed by atoms with Crippen molar-refractivity contribution in [2.24, 2.45) is 0 Å². The number of ether oxygens (including phenoxy) is 2. The van der Waals surface area contributed by atoms with Gasteiger partial charge in [0.05, 0.1) is 47.8 Å². The topological polar surface area (TPSA) is 74.5 Å². The van der Waals surface area contributed by atoms with Crippen LogP contribution in [0.5, 0.6) is 0 Å². The summed E-state index contributed by atoms with van der Waals surface area (Å²) in [6, 6.07) is 6.96. The first-order valence-corrected chi connectivity index (χ1v) is 6.66. The Kier molecular flexibility index (Phi) is 7.34. The molecule has 0 aliphatic carbocycles. The molecule has 1 rings (SSSR count). The van der Waals surface area contributed by atoms with E-state index >= 15 is 0 Å². The first-order valence-electron chi connectivity index (χ1n) is 6.29. The van der Waals surface area contributed by atoms with E-state index in [2.05, 4.69) is 5.32 Å². The van der Waals surface area contributed by atoms with Crippen LogP contribution in [0.1, 0.15) is 12.5 Å². The highest BCUT2D eigenvalue weighted by Crippen LogP contribution is 2.22. The smallest absolute Gasteiger partial charge is 0.0992 e. The molecule has 110 valence electrons. The SMILES string of the molecule is COCC(C)OCC(O)CNc1cc(C#N)ccc1Cl. The van der Waals surface area contributed by atoms with Crippen LogP contribution in [0.4, 0.5) is 5.69 Å². The lowest BCUT2D eigenvalue weighted by atomic mass is 10.2. The van der Waals surface area contributed by atoms with E-state index in [9.17, 15) is 5.11 Å². The number of nitriles is 1. The van der Waals surface area contributed by atoms with E-state index in [0.717, 1.165) is 0 Å². The maximum absolute atomic E-state index is 9.81. The number of hydrogen-bond donors (Lipinski definition) is 2. The van der Waals surface area contributed by atoms with E-state index in [1.165, 1.54) is 0 Å². The summed E-state index contributed by atoms with van der Waals surface area (Å²) in [5.74, 6) is 0. The molecule has 0 aliphatic rings. The molecule has 0 saturated heterocycles. The van der Waals surface area contributed by atoms with Crippen LogP contribution < -0.4 is 5.32 Å². The molecule has 1 aromatic carbocycles. The quantitative estimate of drug-likeness (QED) is 0.768. The maximum atomic E-state index is 9.81. The summed E-state index contributed by atoms with van der Waals surface area (Å²) in [5.41, 5.74) is 1.13. The lowest BCUT2D eigenvalue weighted by Gasteiger charge is -2.17. The monoisotopic (exact) mass is 298 g/mol. The molecule has 0 heterocycles. The Labute approximate surface area is 124 Å². The highest BCUT2D eigenvalue weighted by atomic mass is 35.5. The fraction of sp³-hybridized carbons (Fsp3) is 0.500. The van der Waals surface area contributed by atoms with E-state index in [1.54, 1.807) is 25.3 Å². The van der Waals surface area contributed by atoms with Gasteiger partial charge >= 0.3 is 0 Å². The van der Waals surface area contributed by atoms with Crippen LogP contribution in [-0.2, 0) is 9.47 Å². The Hall–Kier alpha value is -1.32. The highest BCUT2D eigenvalue weighted by Gasteiger charge is 2.09. The second-order valence-electron chi connectivity index (χ2n) is 4.44. The van der Waals surface area contributed by atoms with Gasteiger partial charge in [-0.25, -0.2) is 0 Å². The summed E-state index contributed by atoms with van der Waals surface area (Å²) in [5, 5.41) is 22.1. The highest BCUT2D eigenvalue weighted by molar-refractivity contribution is 6.33. The Morgan fingerprint density at radius 2 is 2.20 bits per heavy atom. The molecule has 2 unspecified atom stereocenters. The number of hydrogen-bond acceptors (Lipinski definition) is 5. The zero-order chi connectivity index (χ0) is 15.0. The van der Waals surface area contributed by atoms with Crippen molar-refractivity contribution in [3.05, 3.63) is 28.8 Å². The van der Waals surface area contributed by atoms with Gasteiger partial charge < -0.3 is 19.9 Å². The van der Waals surface area contributed by atoms with Gasteiger partial charge in [0.1, 0.15) is 0 Å². The average Bonchev–Trinajstić information content (AvgIpc) is 2.44. The van der Waals surface area contributed by atoms with Gasteiger partial charge in [-0.15, -0.1) is 0 Å². The molecule has 2 atom stereocenters. The van der Waals surface area contributed by atoms with Crippen LogP contribution in [0.3, 0.4) is 0 Å². The number of aliphatic hydroxyl groups is 1. The molecular weight excluding hydrogens is 280 g/mol. The molecule has 0 saturated carbocycles. The van der Waals surface area contributed by atoms with Crippen LogP contribution in [0, 0.1) is 11.3 Å². The van der Waals surface area contributed by atoms with Crippen molar-refractivity contribution in [1.29, 1.82) is 5.26 Å². The van der Waals surface area contributed by atoms with Crippen molar-refractivity contribution in [3.63, 3.8) is 0 Å². The molecule has 2 N–H and O–H groups in total. The predicted molar refractivity (Wildman–Crippen MR) is 78.0 cm³/mol. The Bertz CT molecular complexity index is 462. The van der Waals surface area contributed by atoms with Gasteiger partial charge in [0.2, 0.25) is 0 Å². The molecule has 6 heteroatoms. The molecule has 0 fully saturated rings. The van der Waals surface area contributed by atoms with E-state index in [-0.39, 0.29) is 19.3 Å². The zero-order valence-corrected chi connectivity index (χ0v) is 12.4. The summed E-state index contributed by atoms with van der Waals surface area (Å²) in [7, 11) is 1.60. The zero-order valence-electron chi connectivity index (χ0n) is 11.6. The molecule has 0 aromatic heterocycles. The van der Waals surface area contributed by atoms with Gasteiger partial charge in [-0.1, -0.05) is 11.6 Å². The van der Waals surface area contributed by atoms with E-state index in [1.807, 2.05) is 13.0 Å². The van der Waals surface area contributed by atoms with Crippen molar-refractivity contribution in [2.75, 3.05) is 32.2 Å². The van der Waals surface area contributed by atoms with E-state index < -0.39 is 6.10 Å². The van der Waals surface area contributed by atoms with Crippen LogP contribution in [0.2, 0.25) is 5.02 Å². The van der Waals surface area contributed by atoms with Crippen LogP contribution in [-0.4, -0.2) is 44.2 Å². The average molecular weight is 299 g/mol. The van der Waals surface area contributed by atoms with E-state index in [0.29, 0.717) is 22.9 Å². The van der Waals surface area contributed by atoms with Gasteiger partial charge in [-0.3, -0.25) is 0 Å². The van der Waals surface area contributed by atoms with Crippen molar-refractivity contribution in [3.8, 4) is 6.07 Å². The number of nitrogens with one attached hydrogen (secondary N) is 1. The van der Waals surface area contributed by atoms with Crippen molar-refractivity contribution >= 4 is 17.3 Å². The summed E-state index contributed by atoms with van der Waals surface area (Å²) in [6.45, 7) is 2.84. The molecule has 5 nitrogen and oxygen atoms in total. The molecule has 1 aromatic rings. The third-order valence-electron chi connectivity index (χ3n) is 2.60. The second kappa shape index (κ2) is 8.77. The first-order chi connectivity index (χ1) is 9.56. The minimum absolute atomic E-state index is 0.0693. The molecule has 0 radical (unpaired) electrons. The number of aliphatic hydroxyl groups excluding tert-OH is 1. The van der Waals surface area contributed by atoms with E-state index in [4.69, 9.17) is 26.3 Å². The van der Waals surface area contributed by atoms with Gasteiger partial charge in [0.25, 0.3) is 0 Å². The number of benzene rings is 1. The minimum Gasteiger partial charge on any atom is -0.389 e. The van der Waals surface area contributed by atoms with Gasteiger partial charge in [0.15, 0.2) is 0 Å². The second-order valence-corrected chi connectivity index (χ2v) is 4.85. The molecule has 0 amide bonds. The molecule has 0 bridgehead atoms. The summed E-state index contributed by atoms with van der Waals surface area (Å²) in [4.78, 5) is 0.